The summed E-state index contributed by atoms with van der Waals surface area (Å²) in [5, 5.41) is 16.0. The van der Waals surface area contributed by atoms with Gasteiger partial charge in [0.25, 0.3) is 0 Å². The van der Waals surface area contributed by atoms with Gasteiger partial charge in [0.15, 0.2) is 0 Å². The van der Waals surface area contributed by atoms with Crippen LogP contribution in [0.1, 0.15) is 31.1 Å². The fourth-order valence-electron chi connectivity index (χ4n) is 3.63. The van der Waals surface area contributed by atoms with Crippen LogP contribution in [0.3, 0.4) is 0 Å². The van der Waals surface area contributed by atoms with Gasteiger partial charge < -0.3 is 25.4 Å². The van der Waals surface area contributed by atoms with E-state index in [0.29, 0.717) is 68.3 Å². The van der Waals surface area contributed by atoms with Gasteiger partial charge in [-0.25, -0.2) is 9.78 Å². The topological polar surface area (TPSA) is 124 Å². The minimum absolute atomic E-state index is 0.0446. The molecule has 10 heteroatoms. The number of nitrogens with one attached hydrogen (secondary N) is 2. The van der Waals surface area contributed by atoms with Crippen LogP contribution in [0.4, 0.5) is 11.5 Å². The van der Waals surface area contributed by atoms with Crippen molar-refractivity contribution in [3.8, 4) is 0 Å². The molecule has 1 aliphatic heterocycles. The van der Waals surface area contributed by atoms with E-state index in [4.69, 9.17) is 4.74 Å². The fourth-order valence-corrected chi connectivity index (χ4v) is 3.63. The van der Waals surface area contributed by atoms with Crippen LogP contribution >= 0.6 is 0 Å². The Bertz CT molecular complexity index is 1060. The van der Waals surface area contributed by atoms with Crippen molar-refractivity contribution in [3.05, 3.63) is 29.8 Å². The molecule has 0 atom stereocenters. The summed E-state index contributed by atoms with van der Waals surface area (Å²) in [7, 11) is 1.59. The lowest BCUT2D eigenvalue weighted by molar-refractivity contribution is -0.123. The number of carboxylic acids is 1. The van der Waals surface area contributed by atoms with E-state index in [2.05, 4.69) is 20.5 Å². The molecule has 184 valence electrons. The molecule has 3 N–H and O–H groups in total. The maximum absolute atomic E-state index is 12.3. The van der Waals surface area contributed by atoms with Crippen LogP contribution in [-0.4, -0.2) is 85.8 Å². The van der Waals surface area contributed by atoms with E-state index in [1.165, 1.54) is 0 Å². The minimum Gasteiger partial charge on any atom is -0.478 e. The van der Waals surface area contributed by atoms with E-state index in [9.17, 15) is 19.5 Å². The van der Waals surface area contributed by atoms with E-state index in [1.807, 2.05) is 25.7 Å². The quantitative estimate of drug-likeness (QED) is 0.498. The molecule has 34 heavy (non-hydrogen) atoms. The van der Waals surface area contributed by atoms with Gasteiger partial charge in [-0.15, -0.1) is 0 Å². The second kappa shape index (κ2) is 10.8. The third kappa shape index (κ3) is 6.42. The summed E-state index contributed by atoms with van der Waals surface area (Å²) in [5.74, 6) is -0.671. The highest BCUT2D eigenvalue weighted by molar-refractivity contribution is 6.05. The fraction of sp³-hybridized carbons (Fsp3) is 0.500. The Morgan fingerprint density at radius 3 is 2.44 bits per heavy atom. The van der Waals surface area contributed by atoms with E-state index in [-0.39, 0.29) is 17.4 Å². The molecule has 0 aliphatic carbocycles. The first-order chi connectivity index (χ1) is 16.1. The highest BCUT2D eigenvalue weighted by atomic mass is 16.5. The van der Waals surface area contributed by atoms with Crippen molar-refractivity contribution in [2.75, 3.05) is 63.2 Å². The molecular formula is C24H33N5O5. The molecule has 2 aromatic rings. The van der Waals surface area contributed by atoms with Crippen LogP contribution in [0.25, 0.3) is 10.9 Å². The van der Waals surface area contributed by atoms with Crippen LogP contribution in [-0.2, 0) is 14.3 Å². The van der Waals surface area contributed by atoms with Gasteiger partial charge in [-0.1, -0.05) is 20.8 Å². The van der Waals surface area contributed by atoms with Crippen LogP contribution in [0.5, 0.6) is 0 Å². The number of ether oxygens (including phenoxy) is 1. The largest absolute Gasteiger partial charge is 0.478 e. The average Bonchev–Trinajstić information content (AvgIpc) is 2.78. The summed E-state index contributed by atoms with van der Waals surface area (Å²) in [6.45, 7) is 9.29. The molecule has 2 heterocycles. The number of pyridine rings is 1. The molecule has 0 saturated carbocycles. The molecule has 1 aromatic carbocycles. The number of methoxy groups -OCH3 is 1. The highest BCUT2D eigenvalue weighted by Crippen LogP contribution is 2.27. The zero-order valence-electron chi connectivity index (χ0n) is 20.2. The van der Waals surface area contributed by atoms with E-state index in [0.717, 1.165) is 0 Å². The molecule has 3 rings (SSSR count). The second-order valence-electron chi connectivity index (χ2n) is 9.38. The monoisotopic (exact) mass is 471 g/mol. The lowest BCUT2D eigenvalue weighted by Crippen LogP contribution is -2.50. The van der Waals surface area contributed by atoms with Crippen molar-refractivity contribution >= 4 is 40.2 Å². The van der Waals surface area contributed by atoms with Gasteiger partial charge in [0.2, 0.25) is 11.8 Å². The number of hydrogen-bond acceptors (Lipinski definition) is 7. The van der Waals surface area contributed by atoms with Crippen molar-refractivity contribution in [2.24, 2.45) is 5.41 Å². The number of aromatic nitrogens is 1. The molecule has 0 spiro atoms. The molecule has 1 fully saturated rings. The number of hydrogen-bond donors (Lipinski definition) is 3. The molecule has 2 amide bonds. The maximum Gasteiger partial charge on any atom is 0.336 e. The van der Waals surface area contributed by atoms with Crippen LogP contribution in [0.2, 0.25) is 0 Å². The number of carbonyl (C=O) groups excluding carboxylic acids is 2. The number of amides is 2. The lowest BCUT2D eigenvalue weighted by Gasteiger charge is -2.35. The van der Waals surface area contributed by atoms with Crippen molar-refractivity contribution in [1.29, 1.82) is 0 Å². The Morgan fingerprint density at radius 2 is 1.82 bits per heavy atom. The first-order valence-corrected chi connectivity index (χ1v) is 11.3. The standard InChI is InChI=1S/C24H33N5O5/c1-24(2,3)23(33)26-16-5-6-19-17(13-16)18(22(31)32)14-20(27-19)29-10-8-28(9-11-29)15-21(30)25-7-12-34-4/h5-6,13-14H,7-12,15H2,1-4H3,(H,25,30)(H,26,33)(H,31,32). The summed E-state index contributed by atoms with van der Waals surface area (Å²) < 4.78 is 4.94. The third-order valence-electron chi connectivity index (χ3n) is 5.66. The van der Waals surface area contributed by atoms with Crippen molar-refractivity contribution in [2.45, 2.75) is 20.8 Å². The zero-order chi connectivity index (χ0) is 24.9. The molecular weight excluding hydrogens is 438 g/mol. The number of carbonyl (C=O) groups is 3. The molecule has 0 unspecified atom stereocenters. The highest BCUT2D eigenvalue weighted by Gasteiger charge is 2.24. The number of anilines is 2. The SMILES string of the molecule is COCCNC(=O)CN1CCN(c2cc(C(=O)O)c3cc(NC(=O)C(C)(C)C)ccc3n2)CC1. The molecule has 1 aliphatic rings. The molecule has 1 aromatic heterocycles. The first kappa shape index (κ1) is 25.4. The Kier molecular flexibility index (Phi) is 8.06. The summed E-state index contributed by atoms with van der Waals surface area (Å²) in [6, 6.07) is 6.69. The van der Waals surface area contributed by atoms with Crippen molar-refractivity contribution in [1.82, 2.24) is 15.2 Å². The molecule has 0 bridgehead atoms. The third-order valence-corrected chi connectivity index (χ3v) is 5.66. The Labute approximate surface area is 199 Å². The Hall–Kier alpha value is -3.24. The minimum atomic E-state index is -1.06. The predicted molar refractivity (Wildman–Crippen MR) is 130 cm³/mol. The maximum atomic E-state index is 12.3. The van der Waals surface area contributed by atoms with Crippen molar-refractivity contribution in [3.63, 3.8) is 0 Å². The molecule has 10 nitrogen and oxygen atoms in total. The van der Waals surface area contributed by atoms with E-state index >= 15 is 0 Å². The van der Waals surface area contributed by atoms with Gasteiger partial charge in [0, 0.05) is 56.3 Å². The van der Waals surface area contributed by atoms with Gasteiger partial charge in [0.1, 0.15) is 5.82 Å². The van der Waals surface area contributed by atoms with Crippen LogP contribution in [0.15, 0.2) is 24.3 Å². The number of benzene rings is 1. The lowest BCUT2D eigenvalue weighted by atomic mass is 9.95. The van der Waals surface area contributed by atoms with Gasteiger partial charge in [-0.2, -0.15) is 0 Å². The number of carboxylic acid groups (broad SMARTS) is 1. The normalized spacial score (nSPS) is 14.8. The van der Waals surface area contributed by atoms with E-state index in [1.54, 1.807) is 31.4 Å². The van der Waals surface area contributed by atoms with Crippen LogP contribution in [0, 0.1) is 5.41 Å². The average molecular weight is 472 g/mol. The Morgan fingerprint density at radius 1 is 1.12 bits per heavy atom. The van der Waals surface area contributed by atoms with E-state index < -0.39 is 11.4 Å². The van der Waals surface area contributed by atoms with Gasteiger partial charge in [-0.3, -0.25) is 14.5 Å². The van der Waals surface area contributed by atoms with Gasteiger partial charge in [-0.05, 0) is 24.3 Å². The molecule has 0 radical (unpaired) electrons. The Balaban J connectivity index is 1.73. The number of piperazine rings is 1. The zero-order valence-corrected chi connectivity index (χ0v) is 20.2. The number of nitrogens with zero attached hydrogens (tertiary/aromatic N) is 3. The summed E-state index contributed by atoms with van der Waals surface area (Å²) >= 11 is 0. The summed E-state index contributed by atoms with van der Waals surface area (Å²) in [6.07, 6.45) is 0. The van der Waals surface area contributed by atoms with Crippen molar-refractivity contribution < 1.29 is 24.2 Å². The smallest absolute Gasteiger partial charge is 0.336 e. The number of fused-ring (bicyclic) bond motifs is 1. The molecule has 1 saturated heterocycles. The van der Waals surface area contributed by atoms with Gasteiger partial charge >= 0.3 is 5.97 Å². The van der Waals surface area contributed by atoms with Crippen LogP contribution < -0.4 is 15.5 Å². The number of rotatable bonds is 8. The second-order valence-corrected chi connectivity index (χ2v) is 9.38. The summed E-state index contributed by atoms with van der Waals surface area (Å²) in [5.41, 5.74) is 0.636. The number of aromatic carboxylic acids is 1. The summed E-state index contributed by atoms with van der Waals surface area (Å²) in [4.78, 5) is 45.2. The van der Waals surface area contributed by atoms with Gasteiger partial charge in [0.05, 0.1) is 24.2 Å². The first-order valence-electron chi connectivity index (χ1n) is 11.3. The predicted octanol–water partition coefficient (Wildman–Crippen LogP) is 1.80.